The Labute approximate surface area is 64.4 Å². The number of aromatic nitrogens is 1. The lowest BCUT2D eigenvalue weighted by Crippen LogP contribution is -2.00. The third kappa shape index (κ3) is 1.01. The predicted octanol–water partition coefficient (Wildman–Crippen LogP) is 1.67. The number of hydrogen-bond donors (Lipinski definition) is 2. The molecule has 1 aliphatic heterocycles. The van der Waals surface area contributed by atoms with Crippen molar-refractivity contribution in [1.29, 1.82) is 0 Å². The van der Waals surface area contributed by atoms with Crippen LogP contribution in [0, 0.1) is 0 Å². The summed E-state index contributed by atoms with van der Waals surface area (Å²) in [6.07, 6.45) is 1.99. The molecule has 0 amide bonds. The second-order valence-electron chi connectivity index (χ2n) is 2.35. The molecule has 1 aromatic heterocycles. The molecular weight excluding hydrogens is 144 g/mol. The van der Waals surface area contributed by atoms with Crippen LogP contribution >= 0.6 is 11.8 Å². The Bertz CT molecular complexity index is 199. The maximum absolute atomic E-state index is 3.35. The van der Waals surface area contributed by atoms with E-state index in [0.717, 1.165) is 12.3 Å². The van der Waals surface area contributed by atoms with Gasteiger partial charge in [-0.05, 0) is 6.07 Å². The van der Waals surface area contributed by atoms with Crippen LogP contribution in [-0.2, 0) is 5.75 Å². The smallest absolute Gasteiger partial charge is 0.0559 e. The quantitative estimate of drug-likeness (QED) is 0.595. The van der Waals surface area contributed by atoms with Crippen LogP contribution in [0.3, 0.4) is 0 Å². The normalized spacial score (nSPS) is 17.2. The molecule has 0 spiro atoms. The number of thioether (sulfide) groups is 1. The van der Waals surface area contributed by atoms with Gasteiger partial charge in [-0.15, -0.1) is 0 Å². The van der Waals surface area contributed by atoms with E-state index in [1.54, 1.807) is 0 Å². The summed E-state index contributed by atoms with van der Waals surface area (Å²) in [5.41, 5.74) is 2.62. The SMILES string of the molecule is c1cc2c([nH]1)CSCCN2. The lowest BCUT2D eigenvalue weighted by atomic mass is 10.4. The van der Waals surface area contributed by atoms with Crippen LogP contribution in [0.25, 0.3) is 0 Å². The first-order chi connectivity index (χ1) is 4.97. The zero-order valence-electron chi connectivity index (χ0n) is 5.68. The van der Waals surface area contributed by atoms with Crippen LogP contribution in [0.15, 0.2) is 12.3 Å². The van der Waals surface area contributed by atoms with Crippen LogP contribution in [0.5, 0.6) is 0 Å². The Balaban J connectivity index is 2.28. The van der Waals surface area contributed by atoms with Gasteiger partial charge in [-0.1, -0.05) is 0 Å². The van der Waals surface area contributed by atoms with Crippen molar-refractivity contribution in [2.75, 3.05) is 17.6 Å². The van der Waals surface area contributed by atoms with Gasteiger partial charge in [-0.25, -0.2) is 0 Å². The highest BCUT2D eigenvalue weighted by Gasteiger charge is 2.06. The van der Waals surface area contributed by atoms with Crippen molar-refractivity contribution in [1.82, 2.24) is 4.98 Å². The summed E-state index contributed by atoms with van der Waals surface area (Å²) in [4.78, 5) is 3.21. The van der Waals surface area contributed by atoms with Crippen molar-refractivity contribution in [3.63, 3.8) is 0 Å². The zero-order chi connectivity index (χ0) is 6.81. The molecule has 1 aliphatic rings. The minimum absolute atomic E-state index is 1.09. The highest BCUT2D eigenvalue weighted by Crippen LogP contribution is 2.22. The number of aromatic amines is 1. The van der Waals surface area contributed by atoms with Crippen LogP contribution in [0.2, 0.25) is 0 Å². The second-order valence-corrected chi connectivity index (χ2v) is 3.45. The fourth-order valence-electron chi connectivity index (χ4n) is 1.12. The van der Waals surface area contributed by atoms with Crippen LogP contribution < -0.4 is 5.32 Å². The molecule has 0 saturated carbocycles. The molecule has 1 aromatic rings. The fraction of sp³-hybridized carbons (Fsp3) is 0.429. The topological polar surface area (TPSA) is 27.8 Å². The van der Waals surface area contributed by atoms with E-state index >= 15 is 0 Å². The van der Waals surface area contributed by atoms with Gasteiger partial charge in [0.05, 0.1) is 5.69 Å². The highest BCUT2D eigenvalue weighted by atomic mass is 32.2. The van der Waals surface area contributed by atoms with E-state index in [-0.39, 0.29) is 0 Å². The van der Waals surface area contributed by atoms with Gasteiger partial charge < -0.3 is 10.3 Å². The van der Waals surface area contributed by atoms with Gasteiger partial charge in [0.25, 0.3) is 0 Å². The van der Waals surface area contributed by atoms with Crippen molar-refractivity contribution in [2.24, 2.45) is 0 Å². The Hall–Kier alpha value is -0.570. The molecule has 0 fully saturated rings. The molecule has 0 saturated heterocycles. The van der Waals surface area contributed by atoms with Gasteiger partial charge in [0.2, 0.25) is 0 Å². The van der Waals surface area contributed by atoms with Gasteiger partial charge in [0.15, 0.2) is 0 Å². The van der Waals surface area contributed by atoms with Crippen molar-refractivity contribution in [2.45, 2.75) is 5.75 Å². The lowest BCUT2D eigenvalue weighted by Gasteiger charge is -1.97. The summed E-state index contributed by atoms with van der Waals surface area (Å²) in [5.74, 6) is 2.33. The molecule has 0 bridgehead atoms. The first-order valence-corrected chi connectivity index (χ1v) is 4.60. The maximum Gasteiger partial charge on any atom is 0.0559 e. The molecule has 10 heavy (non-hydrogen) atoms. The summed E-state index contributed by atoms with van der Waals surface area (Å²) in [5, 5.41) is 3.35. The summed E-state index contributed by atoms with van der Waals surface area (Å²) >= 11 is 1.97. The van der Waals surface area contributed by atoms with E-state index in [4.69, 9.17) is 0 Å². The molecule has 2 N–H and O–H groups in total. The van der Waals surface area contributed by atoms with Gasteiger partial charge in [-0.2, -0.15) is 11.8 Å². The molecule has 2 rings (SSSR count). The van der Waals surface area contributed by atoms with E-state index < -0.39 is 0 Å². The molecule has 3 heteroatoms. The number of H-pyrrole nitrogens is 1. The number of hydrogen-bond acceptors (Lipinski definition) is 2. The van der Waals surface area contributed by atoms with E-state index in [0.29, 0.717) is 0 Å². The average Bonchev–Trinajstić information content (AvgIpc) is 2.28. The maximum atomic E-state index is 3.35. The minimum Gasteiger partial charge on any atom is -0.383 e. The number of rotatable bonds is 0. The van der Waals surface area contributed by atoms with Crippen molar-refractivity contribution in [3.05, 3.63) is 18.0 Å². The Morgan fingerprint density at radius 2 is 2.50 bits per heavy atom. The summed E-state index contributed by atoms with van der Waals surface area (Å²) in [6.45, 7) is 1.09. The Morgan fingerprint density at radius 3 is 3.50 bits per heavy atom. The summed E-state index contributed by atoms with van der Waals surface area (Å²) < 4.78 is 0. The van der Waals surface area contributed by atoms with Crippen LogP contribution in [0.1, 0.15) is 5.69 Å². The Morgan fingerprint density at radius 1 is 1.50 bits per heavy atom. The van der Waals surface area contributed by atoms with Crippen LogP contribution in [0.4, 0.5) is 5.69 Å². The lowest BCUT2D eigenvalue weighted by molar-refractivity contribution is 1.22. The summed E-state index contributed by atoms with van der Waals surface area (Å²) in [6, 6.07) is 2.10. The monoisotopic (exact) mass is 154 g/mol. The molecule has 0 unspecified atom stereocenters. The van der Waals surface area contributed by atoms with E-state index in [2.05, 4.69) is 16.4 Å². The first kappa shape index (κ1) is 6.16. The molecule has 0 radical (unpaired) electrons. The van der Waals surface area contributed by atoms with Crippen molar-refractivity contribution in [3.8, 4) is 0 Å². The third-order valence-corrected chi connectivity index (χ3v) is 2.63. The second kappa shape index (κ2) is 2.58. The summed E-state index contributed by atoms with van der Waals surface area (Å²) in [7, 11) is 0. The molecule has 2 heterocycles. The van der Waals surface area contributed by atoms with Crippen molar-refractivity contribution >= 4 is 17.4 Å². The first-order valence-electron chi connectivity index (χ1n) is 3.45. The molecule has 2 nitrogen and oxygen atoms in total. The van der Waals surface area contributed by atoms with Gasteiger partial charge in [-0.3, -0.25) is 0 Å². The average molecular weight is 154 g/mol. The van der Waals surface area contributed by atoms with Gasteiger partial charge in [0, 0.05) is 29.9 Å². The van der Waals surface area contributed by atoms with Crippen molar-refractivity contribution < 1.29 is 0 Å². The van der Waals surface area contributed by atoms with Crippen LogP contribution in [-0.4, -0.2) is 17.3 Å². The highest BCUT2D eigenvalue weighted by molar-refractivity contribution is 7.98. The zero-order valence-corrected chi connectivity index (χ0v) is 6.50. The standard InChI is InChI=1S/C7H10N2S/c1-2-8-7-5-10-4-3-9-6(1)7/h1-2,8-9H,3-5H2. The molecule has 54 valence electrons. The minimum atomic E-state index is 1.09. The fourth-order valence-corrected chi connectivity index (χ4v) is 1.95. The number of nitrogens with one attached hydrogen (secondary N) is 2. The Kier molecular flexibility index (Phi) is 1.59. The third-order valence-electron chi connectivity index (χ3n) is 1.64. The van der Waals surface area contributed by atoms with E-state index in [9.17, 15) is 0 Å². The van der Waals surface area contributed by atoms with Gasteiger partial charge >= 0.3 is 0 Å². The predicted molar refractivity (Wildman–Crippen MR) is 45.4 cm³/mol. The molecule has 0 aliphatic carbocycles. The number of anilines is 1. The van der Waals surface area contributed by atoms with E-state index in [1.807, 2.05) is 18.0 Å². The number of fused-ring (bicyclic) bond motifs is 1. The van der Waals surface area contributed by atoms with Gasteiger partial charge in [0.1, 0.15) is 0 Å². The van der Waals surface area contributed by atoms with E-state index in [1.165, 1.54) is 17.1 Å². The molecule has 0 aromatic carbocycles. The molecule has 0 atom stereocenters. The largest absolute Gasteiger partial charge is 0.383 e. The molecular formula is C7H10N2S.